The van der Waals surface area contributed by atoms with Crippen LogP contribution in [0.3, 0.4) is 0 Å². The van der Waals surface area contributed by atoms with Crippen molar-refractivity contribution in [2.75, 3.05) is 0 Å². The molecule has 0 aliphatic carbocycles. The summed E-state index contributed by atoms with van der Waals surface area (Å²) in [6.07, 6.45) is 0. The predicted molar refractivity (Wildman–Crippen MR) is 189 cm³/mol. The molecule has 0 spiro atoms. The van der Waals surface area contributed by atoms with Gasteiger partial charge in [-0.2, -0.15) is 0 Å². The Kier molecular flexibility index (Phi) is 8.21. The van der Waals surface area contributed by atoms with Gasteiger partial charge in [-0.3, -0.25) is 0 Å². The van der Waals surface area contributed by atoms with E-state index in [1.54, 1.807) is 0 Å². The lowest BCUT2D eigenvalue weighted by atomic mass is 9.87. The molecule has 6 aromatic carbocycles. The van der Waals surface area contributed by atoms with E-state index in [1.165, 1.54) is 0 Å². The van der Waals surface area contributed by atoms with Crippen molar-refractivity contribution in [2.24, 2.45) is 10.9 Å². The van der Waals surface area contributed by atoms with Gasteiger partial charge in [0.1, 0.15) is 5.76 Å². The van der Waals surface area contributed by atoms with Gasteiger partial charge in [-0.1, -0.05) is 128 Å². The number of hydrogen-bond donors (Lipinski definition) is 1. The maximum absolute atomic E-state index is 6.14. The molecule has 0 bridgehead atoms. The molecule has 1 aromatic heterocycles. The summed E-state index contributed by atoms with van der Waals surface area (Å²) in [5.74, 6) is 7.53. The first-order valence-electron chi connectivity index (χ1n) is 15.2. The van der Waals surface area contributed by atoms with Gasteiger partial charge in [0.25, 0.3) is 0 Å². The third-order valence-corrected chi connectivity index (χ3v) is 7.87. The van der Waals surface area contributed by atoms with Crippen molar-refractivity contribution in [3.63, 3.8) is 0 Å². The lowest BCUT2D eigenvalue weighted by Crippen LogP contribution is -2.09. The second-order valence-corrected chi connectivity index (χ2v) is 10.9. The van der Waals surface area contributed by atoms with Gasteiger partial charge < -0.3 is 15.0 Å². The van der Waals surface area contributed by atoms with E-state index >= 15 is 0 Å². The molecule has 2 N–H and O–H groups in total. The van der Waals surface area contributed by atoms with Crippen molar-refractivity contribution in [1.29, 1.82) is 0 Å². The van der Waals surface area contributed by atoms with Gasteiger partial charge >= 0.3 is 0 Å². The number of nitrogens with zero attached hydrogens (tertiary/aromatic N) is 3. The minimum atomic E-state index is 0.270. The molecule has 226 valence electrons. The first kappa shape index (κ1) is 29.2. The Morgan fingerprint density at radius 2 is 1.00 bits per heavy atom. The van der Waals surface area contributed by atoms with E-state index in [1.807, 2.05) is 109 Å². The SMILES string of the molecule is C=C(O/C(=N\N)c1ccc(-c2ccc(-c3nnc(-c4ccccc4)o3)cc2-c2ccccc2)c(-c2ccccc2)c1)c1ccccc1. The highest BCUT2D eigenvalue weighted by Gasteiger charge is 2.19. The van der Waals surface area contributed by atoms with Crippen LogP contribution in [0.1, 0.15) is 11.1 Å². The van der Waals surface area contributed by atoms with E-state index in [2.05, 4.69) is 70.4 Å². The zero-order valence-electron chi connectivity index (χ0n) is 25.5. The molecule has 7 rings (SSSR count). The van der Waals surface area contributed by atoms with Crippen molar-refractivity contribution in [3.05, 3.63) is 175 Å². The van der Waals surface area contributed by atoms with Gasteiger partial charge in [-0.25, -0.2) is 0 Å². The average molecular weight is 611 g/mol. The quantitative estimate of drug-likeness (QED) is 0.0609. The van der Waals surface area contributed by atoms with Crippen molar-refractivity contribution in [2.45, 2.75) is 0 Å². The van der Waals surface area contributed by atoms with Gasteiger partial charge in [0.2, 0.25) is 17.7 Å². The molecule has 0 atom stereocenters. The second kappa shape index (κ2) is 13.2. The van der Waals surface area contributed by atoms with Gasteiger partial charge in [-0.05, 0) is 69.8 Å². The lowest BCUT2D eigenvalue weighted by molar-refractivity contribution is 0.508. The standard InChI is InChI=1S/C41H30N4O2/c1-28(29-14-6-2-7-15-29)46-39(43-42)33-22-24-35(37(26-33)30-16-8-3-9-17-30)36-25-23-34(27-38(36)31-18-10-4-11-19-31)41-45-44-40(47-41)32-20-12-5-13-21-32/h2-27H,1,42H2/b43-39-. The molecule has 0 amide bonds. The normalized spacial score (nSPS) is 11.3. The first-order chi connectivity index (χ1) is 23.2. The van der Waals surface area contributed by atoms with Crippen LogP contribution in [0.2, 0.25) is 0 Å². The Hall–Kier alpha value is -6.53. The predicted octanol–water partition coefficient (Wildman–Crippen LogP) is 9.71. The summed E-state index contributed by atoms with van der Waals surface area (Å²) >= 11 is 0. The summed E-state index contributed by atoms with van der Waals surface area (Å²) in [6.45, 7) is 4.11. The van der Waals surface area contributed by atoms with E-state index < -0.39 is 0 Å². The van der Waals surface area contributed by atoms with E-state index in [0.29, 0.717) is 17.5 Å². The Morgan fingerprint density at radius 1 is 0.511 bits per heavy atom. The summed E-state index contributed by atoms with van der Waals surface area (Å²) in [6, 6.07) is 52.3. The van der Waals surface area contributed by atoms with E-state index in [4.69, 9.17) is 15.0 Å². The van der Waals surface area contributed by atoms with Crippen LogP contribution in [0.15, 0.2) is 174 Å². The number of rotatable bonds is 8. The molecule has 7 aromatic rings. The monoisotopic (exact) mass is 610 g/mol. The topological polar surface area (TPSA) is 86.5 Å². The summed E-state index contributed by atoms with van der Waals surface area (Å²) in [5.41, 5.74) is 9.44. The minimum Gasteiger partial charge on any atom is -0.437 e. The zero-order valence-corrected chi connectivity index (χ0v) is 25.5. The molecule has 0 saturated heterocycles. The third-order valence-electron chi connectivity index (χ3n) is 7.87. The van der Waals surface area contributed by atoms with Crippen LogP contribution in [-0.4, -0.2) is 16.1 Å². The zero-order chi connectivity index (χ0) is 32.0. The molecule has 0 aliphatic heterocycles. The lowest BCUT2D eigenvalue weighted by Gasteiger charge is -2.18. The van der Waals surface area contributed by atoms with Gasteiger partial charge in [0.15, 0.2) is 0 Å². The van der Waals surface area contributed by atoms with Crippen LogP contribution in [0.4, 0.5) is 0 Å². The highest BCUT2D eigenvalue weighted by atomic mass is 16.5. The Morgan fingerprint density at radius 3 is 1.57 bits per heavy atom. The van der Waals surface area contributed by atoms with Crippen LogP contribution < -0.4 is 5.84 Å². The maximum atomic E-state index is 6.14. The smallest absolute Gasteiger partial charge is 0.248 e. The van der Waals surface area contributed by atoms with Crippen LogP contribution in [0.5, 0.6) is 0 Å². The molecule has 0 aliphatic rings. The highest BCUT2D eigenvalue weighted by molar-refractivity contribution is 6.01. The Labute approximate surface area is 273 Å². The molecular weight excluding hydrogens is 580 g/mol. The molecule has 0 saturated carbocycles. The molecule has 1 heterocycles. The summed E-state index contributed by atoms with van der Waals surface area (Å²) < 4.78 is 12.2. The van der Waals surface area contributed by atoms with E-state index in [-0.39, 0.29) is 5.90 Å². The highest BCUT2D eigenvalue weighted by Crippen LogP contribution is 2.41. The minimum absolute atomic E-state index is 0.270. The van der Waals surface area contributed by atoms with Crippen molar-refractivity contribution >= 4 is 11.7 Å². The van der Waals surface area contributed by atoms with Crippen LogP contribution in [0.25, 0.3) is 62.0 Å². The molecule has 6 heteroatoms. The van der Waals surface area contributed by atoms with Crippen LogP contribution in [0, 0.1) is 0 Å². The van der Waals surface area contributed by atoms with Gasteiger partial charge in [0.05, 0.1) is 0 Å². The fourth-order valence-corrected chi connectivity index (χ4v) is 5.53. The van der Waals surface area contributed by atoms with Gasteiger partial charge in [0, 0.05) is 22.3 Å². The van der Waals surface area contributed by atoms with Crippen LogP contribution >= 0.6 is 0 Å². The molecule has 0 unspecified atom stereocenters. The summed E-state index contributed by atoms with van der Waals surface area (Å²) in [5, 5.41) is 12.7. The number of hydrogen-bond acceptors (Lipinski definition) is 6. The number of aromatic nitrogens is 2. The number of benzene rings is 6. The molecule has 6 nitrogen and oxygen atoms in total. The summed E-state index contributed by atoms with van der Waals surface area (Å²) in [7, 11) is 0. The maximum Gasteiger partial charge on any atom is 0.248 e. The third kappa shape index (κ3) is 6.21. The Bertz CT molecular complexity index is 2180. The number of hydrazone groups is 1. The molecular formula is C41H30N4O2. The van der Waals surface area contributed by atoms with E-state index in [0.717, 1.165) is 55.6 Å². The van der Waals surface area contributed by atoms with Crippen molar-refractivity contribution < 1.29 is 9.15 Å². The van der Waals surface area contributed by atoms with Crippen LogP contribution in [-0.2, 0) is 4.74 Å². The molecule has 0 fully saturated rings. The fraction of sp³-hybridized carbons (Fsp3) is 0. The van der Waals surface area contributed by atoms with E-state index in [9.17, 15) is 0 Å². The fourth-order valence-electron chi connectivity index (χ4n) is 5.53. The summed E-state index contributed by atoms with van der Waals surface area (Å²) in [4.78, 5) is 0. The van der Waals surface area contributed by atoms with Crippen molar-refractivity contribution in [3.8, 4) is 56.3 Å². The first-order valence-corrected chi connectivity index (χ1v) is 15.2. The second-order valence-electron chi connectivity index (χ2n) is 10.9. The molecule has 47 heavy (non-hydrogen) atoms. The largest absolute Gasteiger partial charge is 0.437 e. The van der Waals surface area contributed by atoms with Gasteiger partial charge in [-0.15, -0.1) is 15.3 Å². The average Bonchev–Trinajstić information content (AvgIpc) is 3.65. The Balaban J connectivity index is 1.34. The van der Waals surface area contributed by atoms with Crippen molar-refractivity contribution in [1.82, 2.24) is 10.2 Å². The number of ether oxygens (including phenoxy) is 1. The molecule has 0 radical (unpaired) electrons. The number of nitrogens with two attached hydrogens (primary N) is 1.